The lowest BCUT2D eigenvalue weighted by molar-refractivity contribution is 0.0920. The zero-order valence-corrected chi connectivity index (χ0v) is 12.6. The molecule has 1 aromatic heterocycles. The molecule has 0 aliphatic heterocycles. The molecule has 0 bridgehead atoms. The van der Waals surface area contributed by atoms with Crippen LogP contribution >= 0.6 is 27.3 Å². The van der Waals surface area contributed by atoms with Crippen LogP contribution in [0.1, 0.15) is 15.2 Å². The number of aliphatic hydroxyl groups excluding tert-OH is 1. The van der Waals surface area contributed by atoms with E-state index >= 15 is 0 Å². The molecule has 100 valence electrons. The Labute approximate surface area is 124 Å². The molecule has 0 aliphatic carbocycles. The number of nitrogens with one attached hydrogen (secondary N) is 1. The van der Waals surface area contributed by atoms with Crippen molar-refractivity contribution in [3.8, 4) is 0 Å². The van der Waals surface area contributed by atoms with Gasteiger partial charge < -0.3 is 10.4 Å². The Hall–Kier alpha value is -1.17. The van der Waals surface area contributed by atoms with Gasteiger partial charge in [0.1, 0.15) is 0 Å². The van der Waals surface area contributed by atoms with Crippen molar-refractivity contribution in [2.75, 3.05) is 6.61 Å². The maximum absolute atomic E-state index is 12.0. The van der Waals surface area contributed by atoms with Crippen LogP contribution in [0.4, 0.5) is 0 Å². The van der Waals surface area contributed by atoms with E-state index in [-0.39, 0.29) is 18.6 Å². The number of benzene rings is 1. The second kappa shape index (κ2) is 6.84. The summed E-state index contributed by atoms with van der Waals surface area (Å²) in [4.78, 5) is 12.6. The maximum atomic E-state index is 12.0. The van der Waals surface area contributed by atoms with Gasteiger partial charge in [0.25, 0.3) is 5.91 Å². The predicted octanol–water partition coefficient (Wildman–Crippen LogP) is 2.84. The smallest absolute Gasteiger partial charge is 0.261 e. The molecule has 1 atom stereocenters. The highest BCUT2D eigenvalue weighted by atomic mass is 79.9. The lowest BCUT2D eigenvalue weighted by Gasteiger charge is -2.15. The highest BCUT2D eigenvalue weighted by Gasteiger charge is 2.14. The molecule has 19 heavy (non-hydrogen) atoms. The van der Waals surface area contributed by atoms with Crippen molar-refractivity contribution in [1.82, 2.24) is 5.32 Å². The summed E-state index contributed by atoms with van der Waals surface area (Å²) < 4.78 is 0.918. The molecule has 2 rings (SSSR count). The number of halogens is 1. The van der Waals surface area contributed by atoms with Gasteiger partial charge in [-0.05, 0) is 40.0 Å². The molecular formula is C14H14BrNO2S. The van der Waals surface area contributed by atoms with Gasteiger partial charge in [0.2, 0.25) is 0 Å². The number of carbonyl (C=O) groups is 1. The Morgan fingerprint density at radius 1 is 1.26 bits per heavy atom. The normalized spacial score (nSPS) is 12.1. The van der Waals surface area contributed by atoms with E-state index in [0.717, 1.165) is 9.35 Å². The largest absolute Gasteiger partial charge is 0.394 e. The summed E-state index contributed by atoms with van der Waals surface area (Å²) in [5, 5.41) is 12.2. The van der Waals surface area contributed by atoms with Crippen molar-refractivity contribution in [3.05, 3.63) is 56.7 Å². The van der Waals surface area contributed by atoms with Gasteiger partial charge in [0, 0.05) is 0 Å². The number of rotatable bonds is 5. The summed E-state index contributed by atoms with van der Waals surface area (Å²) in [6, 6.07) is 13.1. The van der Waals surface area contributed by atoms with E-state index in [0.29, 0.717) is 11.3 Å². The zero-order chi connectivity index (χ0) is 13.7. The topological polar surface area (TPSA) is 49.3 Å². The first-order chi connectivity index (χ1) is 9.19. The molecule has 0 saturated carbocycles. The quantitative estimate of drug-likeness (QED) is 0.879. The van der Waals surface area contributed by atoms with Crippen LogP contribution in [0, 0.1) is 0 Å². The molecule has 1 heterocycles. The van der Waals surface area contributed by atoms with Crippen LogP contribution in [-0.2, 0) is 6.42 Å². The first kappa shape index (κ1) is 14.2. The van der Waals surface area contributed by atoms with Crippen molar-refractivity contribution in [2.45, 2.75) is 12.5 Å². The number of hydrogen-bond donors (Lipinski definition) is 2. The van der Waals surface area contributed by atoms with E-state index in [1.54, 1.807) is 6.07 Å². The second-order valence-corrected chi connectivity index (χ2v) is 6.61. The molecule has 1 unspecified atom stereocenters. The van der Waals surface area contributed by atoms with Crippen molar-refractivity contribution >= 4 is 33.2 Å². The Balaban J connectivity index is 1.97. The zero-order valence-electron chi connectivity index (χ0n) is 10.2. The summed E-state index contributed by atoms with van der Waals surface area (Å²) in [6.45, 7) is -0.0762. The molecule has 3 nitrogen and oxygen atoms in total. The molecular weight excluding hydrogens is 326 g/mol. The molecule has 0 saturated heterocycles. The van der Waals surface area contributed by atoms with Crippen molar-refractivity contribution in [3.63, 3.8) is 0 Å². The molecule has 0 fully saturated rings. The standard InChI is InChI=1S/C14H14BrNO2S/c15-13-7-6-12(19-13)14(18)16-11(9-17)8-10-4-2-1-3-5-10/h1-7,11,17H,8-9H2,(H,16,18). The van der Waals surface area contributed by atoms with Gasteiger partial charge >= 0.3 is 0 Å². The lowest BCUT2D eigenvalue weighted by Crippen LogP contribution is -2.38. The fraction of sp³-hybridized carbons (Fsp3) is 0.214. The Bertz CT molecular complexity index is 541. The Kier molecular flexibility index (Phi) is 5.13. The number of aliphatic hydroxyl groups is 1. The third kappa shape index (κ3) is 4.16. The van der Waals surface area contributed by atoms with Crippen LogP contribution in [-0.4, -0.2) is 23.7 Å². The third-order valence-corrected chi connectivity index (χ3v) is 4.30. The molecule has 1 aromatic carbocycles. The maximum Gasteiger partial charge on any atom is 0.261 e. The number of hydrogen-bond acceptors (Lipinski definition) is 3. The average molecular weight is 340 g/mol. The fourth-order valence-corrected chi connectivity index (χ4v) is 3.04. The average Bonchev–Trinajstić information content (AvgIpc) is 2.86. The molecule has 2 aromatic rings. The van der Waals surface area contributed by atoms with E-state index in [2.05, 4.69) is 21.2 Å². The first-order valence-corrected chi connectivity index (χ1v) is 7.51. The number of carbonyl (C=O) groups excluding carboxylic acids is 1. The fourth-order valence-electron chi connectivity index (χ4n) is 1.75. The summed E-state index contributed by atoms with van der Waals surface area (Å²) >= 11 is 4.70. The van der Waals surface area contributed by atoms with Crippen LogP contribution in [0.25, 0.3) is 0 Å². The van der Waals surface area contributed by atoms with E-state index < -0.39 is 0 Å². The van der Waals surface area contributed by atoms with E-state index in [4.69, 9.17) is 0 Å². The molecule has 1 amide bonds. The van der Waals surface area contributed by atoms with Gasteiger partial charge in [-0.1, -0.05) is 30.3 Å². The number of amides is 1. The van der Waals surface area contributed by atoms with Gasteiger partial charge in [-0.15, -0.1) is 11.3 Å². The van der Waals surface area contributed by atoms with Crippen molar-refractivity contribution < 1.29 is 9.90 Å². The third-order valence-electron chi connectivity index (χ3n) is 2.68. The van der Waals surface area contributed by atoms with Crippen LogP contribution in [0.3, 0.4) is 0 Å². The number of thiophene rings is 1. The monoisotopic (exact) mass is 339 g/mol. The van der Waals surface area contributed by atoms with E-state index in [9.17, 15) is 9.90 Å². The van der Waals surface area contributed by atoms with Crippen molar-refractivity contribution in [2.24, 2.45) is 0 Å². The molecule has 2 N–H and O–H groups in total. The molecule has 0 aliphatic rings. The summed E-state index contributed by atoms with van der Waals surface area (Å²) in [5.74, 6) is -0.148. The van der Waals surface area contributed by atoms with Crippen LogP contribution in [0.2, 0.25) is 0 Å². The minimum absolute atomic E-state index is 0.0762. The van der Waals surface area contributed by atoms with Crippen LogP contribution in [0.15, 0.2) is 46.3 Å². The highest BCUT2D eigenvalue weighted by molar-refractivity contribution is 9.11. The lowest BCUT2D eigenvalue weighted by atomic mass is 10.1. The first-order valence-electron chi connectivity index (χ1n) is 5.90. The summed E-state index contributed by atoms with van der Waals surface area (Å²) in [6.07, 6.45) is 0.621. The minimum Gasteiger partial charge on any atom is -0.394 e. The van der Waals surface area contributed by atoms with Gasteiger partial charge in [0.15, 0.2) is 0 Å². The second-order valence-electron chi connectivity index (χ2n) is 4.15. The Morgan fingerprint density at radius 2 is 2.00 bits per heavy atom. The Morgan fingerprint density at radius 3 is 2.58 bits per heavy atom. The SMILES string of the molecule is O=C(NC(CO)Cc1ccccc1)c1ccc(Br)s1. The highest BCUT2D eigenvalue weighted by Crippen LogP contribution is 2.22. The van der Waals surface area contributed by atoms with Gasteiger partial charge in [0.05, 0.1) is 21.3 Å². The van der Waals surface area contributed by atoms with Crippen molar-refractivity contribution in [1.29, 1.82) is 0 Å². The molecule has 0 spiro atoms. The van der Waals surface area contributed by atoms with Gasteiger partial charge in [-0.2, -0.15) is 0 Å². The van der Waals surface area contributed by atoms with E-state index in [1.807, 2.05) is 36.4 Å². The van der Waals surface area contributed by atoms with Gasteiger partial charge in [-0.3, -0.25) is 4.79 Å². The van der Waals surface area contributed by atoms with Gasteiger partial charge in [-0.25, -0.2) is 0 Å². The summed E-state index contributed by atoms with van der Waals surface area (Å²) in [7, 11) is 0. The molecule has 5 heteroatoms. The summed E-state index contributed by atoms with van der Waals surface area (Å²) in [5.41, 5.74) is 1.09. The minimum atomic E-state index is -0.268. The van der Waals surface area contributed by atoms with Crippen LogP contribution < -0.4 is 5.32 Å². The van der Waals surface area contributed by atoms with Crippen LogP contribution in [0.5, 0.6) is 0 Å². The predicted molar refractivity (Wildman–Crippen MR) is 80.5 cm³/mol. The molecule has 0 radical (unpaired) electrons. The van der Waals surface area contributed by atoms with E-state index in [1.165, 1.54) is 11.3 Å².